The largest absolute Gasteiger partial charge is 0.476 e. The van der Waals surface area contributed by atoms with Crippen molar-refractivity contribution in [3.05, 3.63) is 24.0 Å². The van der Waals surface area contributed by atoms with Gasteiger partial charge in [-0.2, -0.15) is 0 Å². The molecule has 0 atom stereocenters. The van der Waals surface area contributed by atoms with E-state index >= 15 is 0 Å². The molecule has 0 aromatic carbocycles. The summed E-state index contributed by atoms with van der Waals surface area (Å²) in [7, 11) is 0. The summed E-state index contributed by atoms with van der Waals surface area (Å²) in [5.74, 6) is -0.995. The Hall–Kier alpha value is -1.71. The van der Waals surface area contributed by atoms with Crippen LogP contribution < -0.4 is 0 Å². The Balaban J connectivity index is 2.15. The summed E-state index contributed by atoms with van der Waals surface area (Å²) >= 11 is 0. The topological polar surface area (TPSA) is 62.0 Å². The fraction of sp³-hybridized carbons (Fsp3) is 0. The van der Waals surface area contributed by atoms with Crippen LogP contribution in [-0.2, 0) is 4.79 Å². The molecule has 0 aromatic rings. The third kappa shape index (κ3) is 0.724. The summed E-state index contributed by atoms with van der Waals surface area (Å²) in [5, 5.41) is 8.52. The van der Waals surface area contributed by atoms with Crippen LogP contribution in [0.1, 0.15) is 0 Å². The Morgan fingerprint density at radius 1 is 1.45 bits per heavy atom. The minimum Gasteiger partial charge on any atom is -0.476 e. The summed E-state index contributed by atoms with van der Waals surface area (Å²) in [5.41, 5.74) is 1.44. The molecule has 4 heteroatoms. The average Bonchev–Trinajstić information content (AvgIpc) is 1.73. The van der Waals surface area contributed by atoms with E-state index < -0.39 is 5.97 Å². The molecule has 2 aliphatic rings. The molecule has 2 rings (SSSR count). The van der Waals surface area contributed by atoms with Crippen molar-refractivity contribution >= 4 is 17.4 Å². The zero-order chi connectivity index (χ0) is 7.84. The van der Waals surface area contributed by atoms with Gasteiger partial charge in [0.25, 0.3) is 0 Å². The fourth-order valence-corrected chi connectivity index (χ4v) is 0.860. The van der Waals surface area contributed by atoms with E-state index in [-0.39, 0.29) is 5.71 Å². The van der Waals surface area contributed by atoms with Crippen LogP contribution in [0, 0.1) is 0 Å². The van der Waals surface area contributed by atoms with Crippen LogP contribution in [0.2, 0.25) is 0 Å². The molecular formula is C7H4N2O2. The zero-order valence-corrected chi connectivity index (χ0v) is 5.48. The average molecular weight is 148 g/mol. The van der Waals surface area contributed by atoms with Crippen LogP contribution in [0.3, 0.4) is 0 Å². The minimum absolute atomic E-state index is 0.105. The van der Waals surface area contributed by atoms with E-state index in [0.717, 1.165) is 0 Å². The highest BCUT2D eigenvalue weighted by molar-refractivity contribution is 6.53. The first-order valence-corrected chi connectivity index (χ1v) is 3.05. The van der Waals surface area contributed by atoms with Gasteiger partial charge < -0.3 is 5.11 Å². The molecule has 1 N–H and O–H groups in total. The van der Waals surface area contributed by atoms with Crippen LogP contribution in [0.5, 0.6) is 0 Å². The molecule has 0 spiro atoms. The Labute approximate surface area is 62.3 Å². The van der Waals surface area contributed by atoms with Gasteiger partial charge in [-0.3, -0.25) is 4.99 Å². The van der Waals surface area contributed by atoms with Gasteiger partial charge in [-0.1, -0.05) is 0 Å². The lowest BCUT2D eigenvalue weighted by Gasteiger charge is -2.14. The molecule has 11 heavy (non-hydrogen) atoms. The van der Waals surface area contributed by atoms with Gasteiger partial charge in [-0.25, -0.2) is 9.79 Å². The lowest BCUT2D eigenvalue weighted by atomic mass is 10.0. The third-order valence-corrected chi connectivity index (χ3v) is 1.50. The maximum atomic E-state index is 10.4. The maximum absolute atomic E-state index is 10.4. The lowest BCUT2D eigenvalue weighted by Crippen LogP contribution is -2.26. The molecule has 0 fully saturated rings. The number of aliphatic imine (C=N–C) groups is 2. The second-order valence-electron chi connectivity index (χ2n) is 2.16. The highest BCUT2D eigenvalue weighted by Crippen LogP contribution is 2.16. The molecule has 0 radical (unpaired) electrons. The summed E-state index contributed by atoms with van der Waals surface area (Å²) in [6.45, 7) is 0. The van der Waals surface area contributed by atoms with Crippen LogP contribution in [0.25, 0.3) is 0 Å². The van der Waals surface area contributed by atoms with Gasteiger partial charge in [0.05, 0.1) is 11.3 Å². The van der Waals surface area contributed by atoms with Crippen molar-refractivity contribution in [3.8, 4) is 0 Å². The van der Waals surface area contributed by atoms with Gasteiger partial charge in [0, 0.05) is 12.4 Å². The molecule has 2 aliphatic heterocycles. The number of carbonyl (C=O) groups is 1. The predicted octanol–water partition coefficient (Wildman–Crippen LogP) is 0.378. The summed E-state index contributed by atoms with van der Waals surface area (Å²) < 4.78 is 0. The van der Waals surface area contributed by atoms with Crippen molar-refractivity contribution in [1.29, 1.82) is 0 Å². The van der Waals surface area contributed by atoms with Crippen molar-refractivity contribution in [2.75, 3.05) is 0 Å². The number of hydrogen-bond acceptors (Lipinski definition) is 3. The molecule has 54 valence electrons. The smallest absolute Gasteiger partial charge is 0.355 e. The summed E-state index contributed by atoms with van der Waals surface area (Å²) in [6, 6.07) is 0. The maximum Gasteiger partial charge on any atom is 0.355 e. The Morgan fingerprint density at radius 3 is 2.45 bits per heavy atom. The highest BCUT2D eigenvalue weighted by atomic mass is 16.4. The van der Waals surface area contributed by atoms with E-state index in [1.54, 1.807) is 12.3 Å². The quantitative estimate of drug-likeness (QED) is 0.615. The number of allylic oxidation sites excluding steroid dienone is 1. The number of hydrogen-bond donors (Lipinski definition) is 1. The highest BCUT2D eigenvalue weighted by Gasteiger charge is 2.25. The number of rotatable bonds is 2. The second kappa shape index (κ2) is 1.88. The monoisotopic (exact) mass is 148 g/mol. The Bertz CT molecular complexity index is 347. The van der Waals surface area contributed by atoms with Crippen LogP contribution in [0.15, 0.2) is 34.0 Å². The molecule has 0 saturated heterocycles. The van der Waals surface area contributed by atoms with E-state index in [1.807, 2.05) is 0 Å². The molecule has 2 heterocycles. The van der Waals surface area contributed by atoms with Crippen LogP contribution in [-0.4, -0.2) is 22.5 Å². The lowest BCUT2D eigenvalue weighted by molar-refractivity contribution is -0.129. The van der Waals surface area contributed by atoms with Gasteiger partial charge >= 0.3 is 5.97 Å². The predicted molar refractivity (Wildman–Crippen MR) is 39.7 cm³/mol. The normalized spacial score (nSPS) is 19.1. The van der Waals surface area contributed by atoms with E-state index in [1.165, 1.54) is 6.20 Å². The van der Waals surface area contributed by atoms with Crippen molar-refractivity contribution in [1.82, 2.24) is 0 Å². The first-order chi connectivity index (χ1) is 5.29. The molecular weight excluding hydrogens is 144 g/mol. The molecule has 4 nitrogen and oxygen atoms in total. The molecule has 0 aliphatic carbocycles. The third-order valence-electron chi connectivity index (χ3n) is 1.50. The molecule has 0 unspecified atom stereocenters. The Morgan fingerprint density at radius 2 is 2.18 bits per heavy atom. The van der Waals surface area contributed by atoms with Gasteiger partial charge in [0.1, 0.15) is 0 Å². The van der Waals surface area contributed by atoms with Gasteiger partial charge in [-0.15, -0.1) is 0 Å². The summed E-state index contributed by atoms with van der Waals surface area (Å²) in [4.78, 5) is 17.8. The van der Waals surface area contributed by atoms with E-state index in [0.29, 0.717) is 11.3 Å². The van der Waals surface area contributed by atoms with Gasteiger partial charge in [-0.05, 0) is 6.08 Å². The molecule has 0 bridgehead atoms. The van der Waals surface area contributed by atoms with Crippen molar-refractivity contribution in [2.24, 2.45) is 9.98 Å². The standard InChI is InChI=1S/C7H4N2O2/c10-7(11)6-4(3-9-6)5-1-2-8-5/h1-3H,(H,10,11). The second-order valence-corrected chi connectivity index (χ2v) is 2.16. The Kier molecular flexibility index (Phi) is 1.03. The van der Waals surface area contributed by atoms with Crippen molar-refractivity contribution < 1.29 is 9.90 Å². The fourth-order valence-electron chi connectivity index (χ4n) is 0.860. The molecule has 0 amide bonds. The van der Waals surface area contributed by atoms with Crippen molar-refractivity contribution in [2.45, 2.75) is 0 Å². The number of nitrogens with zero attached hydrogens (tertiary/aromatic N) is 2. The number of carboxylic acid groups (broad SMARTS) is 1. The zero-order valence-electron chi connectivity index (χ0n) is 5.48. The van der Waals surface area contributed by atoms with E-state index in [2.05, 4.69) is 9.98 Å². The van der Waals surface area contributed by atoms with Gasteiger partial charge in [0.15, 0.2) is 5.71 Å². The van der Waals surface area contributed by atoms with Crippen LogP contribution in [0.4, 0.5) is 0 Å². The molecule has 0 aromatic heterocycles. The summed E-state index contributed by atoms with van der Waals surface area (Å²) in [6.07, 6.45) is 4.88. The molecule has 0 saturated carbocycles. The minimum atomic E-state index is -0.995. The van der Waals surface area contributed by atoms with Crippen molar-refractivity contribution in [3.63, 3.8) is 0 Å². The first-order valence-electron chi connectivity index (χ1n) is 3.05. The van der Waals surface area contributed by atoms with Crippen LogP contribution >= 0.6 is 0 Å². The first kappa shape index (κ1) is 6.03. The number of carboxylic acids is 1. The van der Waals surface area contributed by atoms with E-state index in [4.69, 9.17) is 5.11 Å². The van der Waals surface area contributed by atoms with E-state index in [9.17, 15) is 4.79 Å². The van der Waals surface area contributed by atoms with Gasteiger partial charge in [0.2, 0.25) is 0 Å². The SMILES string of the molecule is O=C(O)C1=NC=C1C1=NC=C1. The number of aliphatic carboxylic acids is 1.